The summed E-state index contributed by atoms with van der Waals surface area (Å²) in [4.78, 5) is 15.0. The lowest BCUT2D eigenvalue weighted by molar-refractivity contribution is 0.0665. The zero-order chi connectivity index (χ0) is 18.5. The molecule has 0 bridgehead atoms. The SMILES string of the molecule is CCc1noc(C)c1C(=O)N1CCC[C@@H](CCc2ccc(OC)cc2)C1. The molecule has 1 atom stereocenters. The Bertz CT molecular complexity index is 736. The minimum Gasteiger partial charge on any atom is -0.497 e. The normalized spacial score (nSPS) is 17.3. The van der Waals surface area contributed by atoms with Crippen molar-refractivity contribution in [3.63, 3.8) is 0 Å². The molecule has 1 fully saturated rings. The number of piperidine rings is 1. The molecule has 1 aliphatic rings. The fraction of sp³-hybridized carbons (Fsp3) is 0.524. The highest BCUT2D eigenvalue weighted by atomic mass is 16.5. The average molecular weight is 356 g/mol. The third-order valence-electron chi connectivity index (χ3n) is 5.29. The molecule has 5 heteroatoms. The summed E-state index contributed by atoms with van der Waals surface area (Å²) in [5.74, 6) is 2.14. The van der Waals surface area contributed by atoms with Crippen LogP contribution in [0.2, 0.25) is 0 Å². The van der Waals surface area contributed by atoms with Gasteiger partial charge in [0.05, 0.1) is 12.8 Å². The third kappa shape index (κ3) is 4.09. The Hall–Kier alpha value is -2.30. The van der Waals surface area contributed by atoms with E-state index in [1.165, 1.54) is 12.0 Å². The molecular formula is C21H28N2O3. The van der Waals surface area contributed by atoms with Crippen molar-refractivity contribution < 1.29 is 14.1 Å². The van der Waals surface area contributed by atoms with Crippen LogP contribution in [0.5, 0.6) is 5.75 Å². The number of hydrogen-bond donors (Lipinski definition) is 0. The van der Waals surface area contributed by atoms with Crippen molar-refractivity contribution in [1.29, 1.82) is 0 Å². The van der Waals surface area contributed by atoms with E-state index in [1.54, 1.807) is 7.11 Å². The number of rotatable bonds is 6. The highest BCUT2D eigenvalue weighted by Gasteiger charge is 2.28. The van der Waals surface area contributed by atoms with Gasteiger partial charge in [0.2, 0.25) is 0 Å². The number of ether oxygens (including phenoxy) is 1. The van der Waals surface area contributed by atoms with Gasteiger partial charge in [0.1, 0.15) is 17.1 Å². The number of aryl methyl sites for hydroxylation is 3. The number of benzene rings is 1. The number of methoxy groups -OCH3 is 1. The van der Waals surface area contributed by atoms with Gasteiger partial charge in [-0.25, -0.2) is 0 Å². The van der Waals surface area contributed by atoms with Gasteiger partial charge in [0.25, 0.3) is 5.91 Å². The third-order valence-corrected chi connectivity index (χ3v) is 5.29. The minimum absolute atomic E-state index is 0.0785. The fourth-order valence-electron chi connectivity index (χ4n) is 3.74. The average Bonchev–Trinajstić information content (AvgIpc) is 3.07. The summed E-state index contributed by atoms with van der Waals surface area (Å²) < 4.78 is 10.5. The molecule has 1 aliphatic heterocycles. The monoisotopic (exact) mass is 356 g/mol. The Labute approximate surface area is 155 Å². The Kier molecular flexibility index (Phi) is 5.96. The first-order valence-corrected chi connectivity index (χ1v) is 9.49. The summed E-state index contributed by atoms with van der Waals surface area (Å²) in [6.45, 7) is 5.47. The Morgan fingerprint density at radius 3 is 2.81 bits per heavy atom. The summed E-state index contributed by atoms with van der Waals surface area (Å²) >= 11 is 0. The number of carbonyl (C=O) groups is 1. The second kappa shape index (κ2) is 8.39. The molecule has 0 spiro atoms. The van der Waals surface area contributed by atoms with Crippen LogP contribution in [0.15, 0.2) is 28.8 Å². The van der Waals surface area contributed by atoms with E-state index in [1.807, 2.05) is 30.9 Å². The molecule has 0 saturated carbocycles. The number of aromatic nitrogens is 1. The van der Waals surface area contributed by atoms with E-state index >= 15 is 0 Å². The molecule has 0 unspecified atom stereocenters. The van der Waals surface area contributed by atoms with Gasteiger partial charge in [-0.05, 0) is 62.6 Å². The highest BCUT2D eigenvalue weighted by Crippen LogP contribution is 2.25. The smallest absolute Gasteiger partial charge is 0.259 e. The van der Waals surface area contributed by atoms with Crippen molar-refractivity contribution in [2.24, 2.45) is 5.92 Å². The van der Waals surface area contributed by atoms with Crippen LogP contribution >= 0.6 is 0 Å². The van der Waals surface area contributed by atoms with Gasteiger partial charge in [-0.1, -0.05) is 24.2 Å². The lowest BCUT2D eigenvalue weighted by Gasteiger charge is -2.33. The molecule has 140 valence electrons. The first kappa shape index (κ1) is 18.5. The minimum atomic E-state index is 0.0785. The van der Waals surface area contributed by atoms with Gasteiger partial charge in [0, 0.05) is 13.1 Å². The van der Waals surface area contributed by atoms with Crippen molar-refractivity contribution in [2.45, 2.75) is 46.0 Å². The summed E-state index contributed by atoms with van der Waals surface area (Å²) in [6, 6.07) is 8.26. The molecule has 1 aromatic carbocycles. The first-order valence-electron chi connectivity index (χ1n) is 9.49. The quantitative estimate of drug-likeness (QED) is 0.784. The predicted octanol–water partition coefficient (Wildman–Crippen LogP) is 4.04. The van der Waals surface area contributed by atoms with Crippen LogP contribution < -0.4 is 4.74 Å². The van der Waals surface area contributed by atoms with Gasteiger partial charge in [-0.15, -0.1) is 0 Å². The first-order chi connectivity index (χ1) is 12.6. The molecule has 1 aromatic heterocycles. The van der Waals surface area contributed by atoms with E-state index in [0.717, 1.165) is 43.8 Å². The van der Waals surface area contributed by atoms with Crippen molar-refractivity contribution in [3.05, 3.63) is 46.8 Å². The second-order valence-electron chi connectivity index (χ2n) is 7.06. The number of nitrogens with zero attached hydrogens (tertiary/aromatic N) is 2. The molecule has 3 rings (SSSR count). The van der Waals surface area contributed by atoms with Crippen LogP contribution in [0.25, 0.3) is 0 Å². The Morgan fingerprint density at radius 2 is 2.12 bits per heavy atom. The number of amides is 1. The Balaban J connectivity index is 1.59. The zero-order valence-electron chi connectivity index (χ0n) is 16.0. The molecule has 26 heavy (non-hydrogen) atoms. The maximum atomic E-state index is 13.0. The lowest BCUT2D eigenvalue weighted by Crippen LogP contribution is -2.40. The molecule has 0 N–H and O–H groups in total. The van der Waals surface area contributed by atoms with Crippen molar-refractivity contribution in [2.75, 3.05) is 20.2 Å². The van der Waals surface area contributed by atoms with Crippen LogP contribution in [0.1, 0.15) is 53.6 Å². The number of likely N-dealkylation sites (tertiary alicyclic amines) is 1. The molecule has 1 amide bonds. The van der Waals surface area contributed by atoms with Crippen molar-refractivity contribution >= 4 is 5.91 Å². The predicted molar refractivity (Wildman–Crippen MR) is 101 cm³/mol. The largest absolute Gasteiger partial charge is 0.497 e. The molecule has 5 nitrogen and oxygen atoms in total. The standard InChI is InChI=1S/C21H28N2O3/c1-4-19-20(15(2)26-22-19)21(24)23-13-5-6-17(14-23)8-7-16-9-11-18(25-3)12-10-16/h9-12,17H,4-8,13-14H2,1-3H3/t17-/m0/s1. The molecular weight excluding hydrogens is 328 g/mol. The van der Waals surface area contributed by atoms with Crippen LogP contribution in [-0.2, 0) is 12.8 Å². The summed E-state index contributed by atoms with van der Waals surface area (Å²) in [5.41, 5.74) is 2.76. The van der Waals surface area contributed by atoms with Gasteiger partial charge in [-0.2, -0.15) is 0 Å². The maximum absolute atomic E-state index is 13.0. The summed E-state index contributed by atoms with van der Waals surface area (Å²) in [6.07, 6.45) is 5.09. The van der Waals surface area contributed by atoms with E-state index in [4.69, 9.17) is 9.26 Å². The van der Waals surface area contributed by atoms with Crippen molar-refractivity contribution in [3.8, 4) is 5.75 Å². The second-order valence-corrected chi connectivity index (χ2v) is 7.06. The van der Waals surface area contributed by atoms with Gasteiger partial charge < -0.3 is 14.2 Å². The maximum Gasteiger partial charge on any atom is 0.259 e. The van der Waals surface area contributed by atoms with Crippen LogP contribution in [0.3, 0.4) is 0 Å². The van der Waals surface area contributed by atoms with Gasteiger partial charge in [0.15, 0.2) is 0 Å². The van der Waals surface area contributed by atoms with E-state index in [0.29, 0.717) is 23.7 Å². The van der Waals surface area contributed by atoms with Gasteiger partial charge >= 0.3 is 0 Å². The topological polar surface area (TPSA) is 55.6 Å². The molecule has 0 aliphatic carbocycles. The number of carbonyl (C=O) groups excluding carboxylic acids is 1. The van der Waals surface area contributed by atoms with Crippen LogP contribution in [0.4, 0.5) is 0 Å². The van der Waals surface area contributed by atoms with Crippen LogP contribution in [0, 0.1) is 12.8 Å². The summed E-state index contributed by atoms with van der Waals surface area (Å²) in [5, 5.41) is 4.03. The van der Waals surface area contributed by atoms with Crippen molar-refractivity contribution in [1.82, 2.24) is 10.1 Å². The molecule has 0 radical (unpaired) electrons. The van der Waals surface area contributed by atoms with Crippen LogP contribution in [-0.4, -0.2) is 36.2 Å². The lowest BCUT2D eigenvalue weighted by atomic mass is 9.91. The van der Waals surface area contributed by atoms with E-state index in [-0.39, 0.29) is 5.91 Å². The molecule has 2 heterocycles. The highest BCUT2D eigenvalue weighted by molar-refractivity contribution is 5.96. The van der Waals surface area contributed by atoms with E-state index in [9.17, 15) is 4.79 Å². The molecule has 2 aromatic rings. The van der Waals surface area contributed by atoms with E-state index in [2.05, 4.69) is 17.3 Å². The zero-order valence-corrected chi connectivity index (χ0v) is 16.0. The van der Waals surface area contributed by atoms with E-state index < -0.39 is 0 Å². The Morgan fingerprint density at radius 1 is 1.35 bits per heavy atom. The van der Waals surface area contributed by atoms with Gasteiger partial charge in [-0.3, -0.25) is 4.79 Å². The fourth-order valence-corrected chi connectivity index (χ4v) is 3.74. The number of hydrogen-bond acceptors (Lipinski definition) is 4. The molecule has 1 saturated heterocycles. The summed E-state index contributed by atoms with van der Waals surface area (Å²) in [7, 11) is 1.68.